The molecule has 0 heterocycles. The van der Waals surface area contributed by atoms with Crippen molar-refractivity contribution in [3.63, 3.8) is 0 Å². The predicted molar refractivity (Wildman–Crippen MR) is 78.7 cm³/mol. The second kappa shape index (κ2) is 6.96. The van der Waals surface area contributed by atoms with E-state index in [0.717, 1.165) is 4.90 Å². The second-order valence-corrected chi connectivity index (χ2v) is 4.87. The minimum atomic E-state index is -0.467. The van der Waals surface area contributed by atoms with Crippen molar-refractivity contribution in [1.82, 2.24) is 0 Å². The highest BCUT2D eigenvalue weighted by molar-refractivity contribution is 7.98. The highest BCUT2D eigenvalue weighted by Gasteiger charge is 2.07. The number of para-hydroxylation sites is 1. The molecule has 1 N–H and O–H groups in total. The fourth-order valence-corrected chi connectivity index (χ4v) is 1.98. The molecule has 1 amide bonds. The summed E-state index contributed by atoms with van der Waals surface area (Å²) in [7, 11) is 0. The summed E-state index contributed by atoms with van der Waals surface area (Å²) >= 11 is 1.63. The third-order valence-corrected chi connectivity index (χ3v) is 3.32. The smallest absolute Gasteiger partial charge is 0.262 e. The monoisotopic (exact) mass is 291 g/mol. The first kappa shape index (κ1) is 14.4. The molecule has 0 radical (unpaired) electrons. The van der Waals surface area contributed by atoms with Crippen molar-refractivity contribution in [3.8, 4) is 5.75 Å². The molecule has 0 fully saturated rings. The molecular formula is C15H14FNO2S. The van der Waals surface area contributed by atoms with Crippen LogP contribution in [0.3, 0.4) is 0 Å². The Morgan fingerprint density at radius 2 is 1.90 bits per heavy atom. The van der Waals surface area contributed by atoms with Crippen LogP contribution in [0.5, 0.6) is 5.75 Å². The number of hydrogen-bond acceptors (Lipinski definition) is 3. The minimum absolute atomic E-state index is 0.152. The van der Waals surface area contributed by atoms with Gasteiger partial charge in [-0.05, 0) is 42.7 Å². The van der Waals surface area contributed by atoms with Crippen LogP contribution < -0.4 is 10.1 Å². The van der Waals surface area contributed by atoms with Gasteiger partial charge in [-0.3, -0.25) is 4.79 Å². The number of halogens is 1. The average molecular weight is 291 g/mol. The Morgan fingerprint density at radius 3 is 2.55 bits per heavy atom. The fraction of sp³-hybridized carbons (Fsp3) is 0.133. The second-order valence-electron chi connectivity index (χ2n) is 3.99. The summed E-state index contributed by atoms with van der Waals surface area (Å²) in [4.78, 5) is 12.8. The van der Waals surface area contributed by atoms with E-state index in [2.05, 4.69) is 5.32 Å². The summed E-state index contributed by atoms with van der Waals surface area (Å²) in [5.74, 6) is -0.263. The molecule has 2 aromatic carbocycles. The number of ether oxygens (including phenoxy) is 1. The largest absolute Gasteiger partial charge is 0.484 e. The highest BCUT2D eigenvalue weighted by atomic mass is 32.2. The Balaban J connectivity index is 1.87. The van der Waals surface area contributed by atoms with Crippen LogP contribution in [0, 0.1) is 5.82 Å². The van der Waals surface area contributed by atoms with Crippen LogP contribution in [-0.2, 0) is 4.79 Å². The molecule has 0 bridgehead atoms. The maximum absolute atomic E-state index is 13.3. The Labute approximate surface area is 121 Å². The summed E-state index contributed by atoms with van der Waals surface area (Å²) in [6, 6.07) is 13.4. The topological polar surface area (TPSA) is 38.3 Å². The van der Waals surface area contributed by atoms with Crippen LogP contribution >= 0.6 is 11.8 Å². The van der Waals surface area contributed by atoms with Crippen LogP contribution in [0.25, 0.3) is 0 Å². The number of benzene rings is 2. The van der Waals surface area contributed by atoms with Gasteiger partial charge in [-0.25, -0.2) is 4.39 Å². The van der Waals surface area contributed by atoms with Crippen LogP contribution in [0.4, 0.5) is 10.1 Å². The SMILES string of the molecule is CSc1ccc(OCC(=O)Nc2ccccc2F)cc1. The first-order valence-electron chi connectivity index (χ1n) is 6.00. The molecule has 0 aromatic heterocycles. The van der Waals surface area contributed by atoms with E-state index in [9.17, 15) is 9.18 Å². The summed E-state index contributed by atoms with van der Waals surface area (Å²) in [6.07, 6.45) is 1.98. The van der Waals surface area contributed by atoms with Crippen LogP contribution in [0.15, 0.2) is 53.4 Å². The maximum Gasteiger partial charge on any atom is 0.262 e. The van der Waals surface area contributed by atoms with Gasteiger partial charge in [0.15, 0.2) is 6.61 Å². The summed E-state index contributed by atoms with van der Waals surface area (Å²) in [5, 5.41) is 2.46. The molecule has 2 rings (SSSR count). The Hall–Kier alpha value is -2.01. The quantitative estimate of drug-likeness (QED) is 0.856. The molecule has 0 aliphatic rings. The van der Waals surface area contributed by atoms with E-state index >= 15 is 0 Å². The zero-order valence-electron chi connectivity index (χ0n) is 10.9. The Morgan fingerprint density at radius 1 is 1.20 bits per heavy atom. The number of carbonyl (C=O) groups excluding carboxylic acids is 1. The average Bonchev–Trinajstić information content (AvgIpc) is 2.48. The molecule has 0 aliphatic carbocycles. The zero-order chi connectivity index (χ0) is 14.4. The fourth-order valence-electron chi connectivity index (χ4n) is 1.57. The lowest BCUT2D eigenvalue weighted by molar-refractivity contribution is -0.118. The molecule has 0 atom stereocenters. The number of hydrogen-bond donors (Lipinski definition) is 1. The molecule has 0 spiro atoms. The molecule has 20 heavy (non-hydrogen) atoms. The van der Waals surface area contributed by atoms with Crippen LogP contribution in [0.2, 0.25) is 0 Å². The molecule has 5 heteroatoms. The van der Waals surface area contributed by atoms with E-state index < -0.39 is 11.7 Å². The molecule has 0 saturated carbocycles. The number of amides is 1. The van der Waals surface area contributed by atoms with E-state index in [1.165, 1.54) is 12.1 Å². The molecule has 0 aliphatic heterocycles. The number of anilines is 1. The predicted octanol–water partition coefficient (Wildman–Crippen LogP) is 3.57. The number of rotatable bonds is 5. The zero-order valence-corrected chi connectivity index (χ0v) is 11.7. The van der Waals surface area contributed by atoms with Gasteiger partial charge >= 0.3 is 0 Å². The third-order valence-electron chi connectivity index (χ3n) is 2.58. The standard InChI is InChI=1S/C15H14FNO2S/c1-20-12-8-6-11(7-9-12)19-10-15(18)17-14-5-3-2-4-13(14)16/h2-9H,10H2,1H3,(H,17,18). The molecule has 0 saturated heterocycles. The van der Waals surface area contributed by atoms with Crippen molar-refractivity contribution in [3.05, 3.63) is 54.3 Å². The molecule has 0 unspecified atom stereocenters. The summed E-state index contributed by atoms with van der Waals surface area (Å²) < 4.78 is 18.7. The van der Waals surface area contributed by atoms with Crippen molar-refractivity contribution in [2.24, 2.45) is 0 Å². The van der Waals surface area contributed by atoms with Crippen molar-refractivity contribution < 1.29 is 13.9 Å². The Bertz CT molecular complexity index is 587. The van der Waals surface area contributed by atoms with Gasteiger partial charge in [-0.1, -0.05) is 12.1 Å². The number of carbonyl (C=O) groups is 1. The van der Waals surface area contributed by atoms with Crippen LogP contribution in [0.1, 0.15) is 0 Å². The maximum atomic E-state index is 13.3. The lowest BCUT2D eigenvalue weighted by atomic mass is 10.3. The molecule has 2 aromatic rings. The molecule has 3 nitrogen and oxygen atoms in total. The van der Waals surface area contributed by atoms with Gasteiger partial charge in [-0.15, -0.1) is 11.8 Å². The van der Waals surface area contributed by atoms with Crippen molar-refractivity contribution >= 4 is 23.4 Å². The van der Waals surface area contributed by atoms with Gasteiger partial charge in [0.1, 0.15) is 11.6 Å². The van der Waals surface area contributed by atoms with E-state index in [-0.39, 0.29) is 12.3 Å². The van der Waals surface area contributed by atoms with Crippen molar-refractivity contribution in [1.29, 1.82) is 0 Å². The minimum Gasteiger partial charge on any atom is -0.484 e. The molecule has 104 valence electrons. The summed E-state index contributed by atoms with van der Waals surface area (Å²) in [5.41, 5.74) is 0.152. The van der Waals surface area contributed by atoms with E-state index in [1.54, 1.807) is 36.0 Å². The van der Waals surface area contributed by atoms with Gasteiger partial charge in [-0.2, -0.15) is 0 Å². The van der Waals surface area contributed by atoms with E-state index in [1.807, 2.05) is 18.4 Å². The Kier molecular flexibility index (Phi) is 5.01. The van der Waals surface area contributed by atoms with Gasteiger partial charge in [0.2, 0.25) is 0 Å². The first-order chi connectivity index (χ1) is 9.69. The molecular weight excluding hydrogens is 277 g/mol. The van der Waals surface area contributed by atoms with Gasteiger partial charge in [0.25, 0.3) is 5.91 Å². The normalized spacial score (nSPS) is 10.1. The van der Waals surface area contributed by atoms with Crippen LogP contribution in [-0.4, -0.2) is 18.8 Å². The van der Waals surface area contributed by atoms with Gasteiger partial charge in [0.05, 0.1) is 5.69 Å². The van der Waals surface area contributed by atoms with Crippen molar-refractivity contribution in [2.75, 3.05) is 18.2 Å². The first-order valence-corrected chi connectivity index (χ1v) is 7.23. The van der Waals surface area contributed by atoms with Crippen molar-refractivity contribution in [2.45, 2.75) is 4.90 Å². The van der Waals surface area contributed by atoms with E-state index in [4.69, 9.17) is 4.74 Å². The third kappa shape index (κ3) is 3.99. The lowest BCUT2D eigenvalue weighted by Gasteiger charge is -2.08. The van der Waals surface area contributed by atoms with Gasteiger partial charge < -0.3 is 10.1 Å². The number of nitrogens with one attached hydrogen (secondary N) is 1. The number of thioether (sulfide) groups is 1. The van der Waals surface area contributed by atoms with Gasteiger partial charge in [0, 0.05) is 4.90 Å². The summed E-state index contributed by atoms with van der Waals surface area (Å²) in [6.45, 7) is -0.160. The highest BCUT2D eigenvalue weighted by Crippen LogP contribution is 2.19. The lowest BCUT2D eigenvalue weighted by Crippen LogP contribution is -2.20. The van der Waals surface area contributed by atoms with E-state index in [0.29, 0.717) is 5.75 Å².